The van der Waals surface area contributed by atoms with Crippen molar-refractivity contribution in [3.63, 3.8) is 0 Å². The van der Waals surface area contributed by atoms with Gasteiger partial charge in [0.15, 0.2) is 5.17 Å². The molecular weight excluding hydrogens is 530 g/mol. The third-order valence-electron chi connectivity index (χ3n) is 4.50. The number of aliphatic imine (C=N–C) groups is 1. The molecule has 0 unspecified atom stereocenters. The summed E-state index contributed by atoms with van der Waals surface area (Å²) in [7, 11) is 0. The summed E-state index contributed by atoms with van der Waals surface area (Å²) in [5, 5.41) is 14.4. The number of rotatable bonds is 6. The Labute approximate surface area is 206 Å². The smallest absolute Gasteiger partial charge is 0.296 e. The zero-order chi connectivity index (χ0) is 23.4. The first kappa shape index (κ1) is 23.0. The number of carbonyl (C=O) groups excluding carboxylic acids is 1. The van der Waals surface area contributed by atoms with Crippen LogP contribution in [0.3, 0.4) is 0 Å². The van der Waals surface area contributed by atoms with Gasteiger partial charge in [-0.2, -0.15) is 0 Å². The number of thioether (sulfide) groups is 1. The highest BCUT2D eigenvalue weighted by Gasteiger charge is 2.25. The standard InChI is InChI=1S/C23H15BrClN3O4S/c24-17-10-15(6-9-20(17)32-13-14-4-2-1-3-5-14)11-21-22(29)27-23(33-21)26-18-8-7-16(25)12-19(18)28(30)31/h1-12H,13H2,(H,26,27,29)/b21-11+. The summed E-state index contributed by atoms with van der Waals surface area (Å²) in [6, 6.07) is 19.5. The molecule has 0 aliphatic carbocycles. The molecule has 7 nitrogen and oxygen atoms in total. The summed E-state index contributed by atoms with van der Waals surface area (Å²) in [6.07, 6.45) is 1.71. The van der Waals surface area contributed by atoms with Gasteiger partial charge in [0.2, 0.25) is 0 Å². The second kappa shape index (κ2) is 10.2. The Morgan fingerprint density at radius 3 is 2.67 bits per heavy atom. The molecule has 10 heteroatoms. The molecule has 1 aliphatic heterocycles. The van der Waals surface area contributed by atoms with Gasteiger partial charge < -0.3 is 10.1 Å². The predicted octanol–water partition coefficient (Wildman–Crippen LogP) is 6.48. The lowest BCUT2D eigenvalue weighted by atomic mass is 10.2. The number of carbonyl (C=O) groups is 1. The third-order valence-corrected chi connectivity index (χ3v) is 6.26. The number of nitrogens with zero attached hydrogens (tertiary/aromatic N) is 2. The molecule has 0 bridgehead atoms. The van der Waals surface area contributed by atoms with Crippen LogP contribution >= 0.6 is 39.3 Å². The molecule has 3 aromatic carbocycles. The van der Waals surface area contributed by atoms with Crippen LogP contribution in [0.25, 0.3) is 6.08 Å². The molecule has 0 aromatic heterocycles. The van der Waals surface area contributed by atoms with E-state index in [1.54, 1.807) is 6.08 Å². The first-order valence-corrected chi connectivity index (χ1v) is 11.6. The Kier molecular flexibility index (Phi) is 7.12. The molecule has 1 fully saturated rings. The summed E-state index contributed by atoms with van der Waals surface area (Å²) in [4.78, 5) is 27.7. The molecule has 0 radical (unpaired) electrons. The molecule has 1 N–H and O–H groups in total. The number of ether oxygens (including phenoxy) is 1. The number of halogens is 2. The van der Waals surface area contributed by atoms with Crippen LogP contribution in [0.1, 0.15) is 11.1 Å². The summed E-state index contributed by atoms with van der Waals surface area (Å²) in [6.45, 7) is 0.439. The van der Waals surface area contributed by atoms with Crippen molar-refractivity contribution in [3.8, 4) is 5.75 Å². The maximum absolute atomic E-state index is 12.4. The zero-order valence-corrected chi connectivity index (χ0v) is 20.0. The van der Waals surface area contributed by atoms with Crippen molar-refractivity contribution in [1.29, 1.82) is 0 Å². The second-order valence-electron chi connectivity index (χ2n) is 6.84. The lowest BCUT2D eigenvalue weighted by molar-refractivity contribution is -0.384. The van der Waals surface area contributed by atoms with Crippen LogP contribution in [0.4, 0.5) is 11.4 Å². The van der Waals surface area contributed by atoms with Crippen LogP contribution in [-0.4, -0.2) is 16.0 Å². The van der Waals surface area contributed by atoms with Gasteiger partial charge in [0.1, 0.15) is 18.0 Å². The molecule has 1 amide bonds. The predicted molar refractivity (Wildman–Crippen MR) is 134 cm³/mol. The minimum Gasteiger partial charge on any atom is -0.488 e. The van der Waals surface area contributed by atoms with E-state index in [-0.39, 0.29) is 27.5 Å². The van der Waals surface area contributed by atoms with Crippen molar-refractivity contribution in [2.24, 2.45) is 4.99 Å². The largest absolute Gasteiger partial charge is 0.488 e. The Morgan fingerprint density at radius 2 is 1.94 bits per heavy atom. The van der Waals surface area contributed by atoms with Crippen molar-refractivity contribution >= 4 is 67.8 Å². The summed E-state index contributed by atoms with van der Waals surface area (Å²) in [5.41, 5.74) is 1.71. The molecule has 0 saturated carbocycles. The first-order valence-electron chi connectivity index (χ1n) is 9.59. The van der Waals surface area contributed by atoms with Crippen LogP contribution in [-0.2, 0) is 11.4 Å². The van der Waals surface area contributed by atoms with E-state index < -0.39 is 4.92 Å². The molecule has 33 heavy (non-hydrogen) atoms. The van der Waals surface area contributed by atoms with Crippen molar-refractivity contribution in [1.82, 2.24) is 5.32 Å². The zero-order valence-electron chi connectivity index (χ0n) is 16.8. The molecule has 1 heterocycles. The quantitative estimate of drug-likeness (QED) is 0.218. The van der Waals surface area contributed by atoms with Gasteiger partial charge in [-0.05, 0) is 69.2 Å². The highest BCUT2D eigenvalue weighted by molar-refractivity contribution is 9.10. The van der Waals surface area contributed by atoms with Crippen LogP contribution in [0, 0.1) is 10.1 Å². The minimum absolute atomic E-state index is 0.108. The number of nitro benzene ring substituents is 1. The lowest BCUT2D eigenvalue weighted by Crippen LogP contribution is -2.19. The number of nitro groups is 1. The average Bonchev–Trinajstić information content (AvgIpc) is 3.13. The molecule has 3 aromatic rings. The molecule has 0 spiro atoms. The first-order chi connectivity index (χ1) is 15.9. The average molecular weight is 545 g/mol. The Hall–Kier alpha value is -3.14. The normalized spacial score (nSPS) is 15.6. The number of hydrogen-bond acceptors (Lipinski definition) is 6. The molecule has 166 valence electrons. The highest BCUT2D eigenvalue weighted by atomic mass is 79.9. The monoisotopic (exact) mass is 543 g/mol. The highest BCUT2D eigenvalue weighted by Crippen LogP contribution is 2.34. The maximum atomic E-state index is 12.4. The van der Waals surface area contributed by atoms with Gasteiger partial charge in [-0.3, -0.25) is 14.9 Å². The fourth-order valence-corrected chi connectivity index (χ4v) is 4.45. The number of amidine groups is 1. The van der Waals surface area contributed by atoms with Crippen molar-refractivity contribution < 1.29 is 14.5 Å². The summed E-state index contributed by atoms with van der Waals surface area (Å²) in [5.74, 6) is 0.345. The number of hydrogen-bond donors (Lipinski definition) is 1. The van der Waals surface area contributed by atoms with Gasteiger partial charge in [0, 0.05) is 11.1 Å². The van der Waals surface area contributed by atoms with Crippen molar-refractivity contribution in [2.75, 3.05) is 0 Å². The van der Waals surface area contributed by atoms with Gasteiger partial charge in [-0.1, -0.05) is 48.0 Å². The van der Waals surface area contributed by atoms with E-state index >= 15 is 0 Å². The van der Waals surface area contributed by atoms with E-state index in [0.717, 1.165) is 27.4 Å². The van der Waals surface area contributed by atoms with E-state index in [1.807, 2.05) is 48.5 Å². The van der Waals surface area contributed by atoms with E-state index in [2.05, 4.69) is 26.2 Å². The van der Waals surface area contributed by atoms with Gasteiger partial charge in [-0.25, -0.2) is 4.99 Å². The van der Waals surface area contributed by atoms with Crippen LogP contribution in [0.2, 0.25) is 5.02 Å². The van der Waals surface area contributed by atoms with E-state index in [0.29, 0.717) is 17.3 Å². The van der Waals surface area contributed by atoms with Gasteiger partial charge in [0.25, 0.3) is 11.6 Å². The summed E-state index contributed by atoms with van der Waals surface area (Å²) < 4.78 is 6.61. The van der Waals surface area contributed by atoms with E-state index in [4.69, 9.17) is 16.3 Å². The van der Waals surface area contributed by atoms with Crippen LogP contribution < -0.4 is 10.1 Å². The molecule has 4 rings (SSSR count). The molecular formula is C23H15BrClN3O4S. The maximum Gasteiger partial charge on any atom is 0.296 e. The fourth-order valence-electron chi connectivity index (χ4n) is 2.94. The van der Waals surface area contributed by atoms with E-state index in [9.17, 15) is 14.9 Å². The lowest BCUT2D eigenvalue weighted by Gasteiger charge is -2.09. The topological polar surface area (TPSA) is 93.8 Å². The molecule has 0 atom stereocenters. The molecule has 1 aliphatic rings. The SMILES string of the molecule is O=C1NC(=Nc2ccc(Cl)cc2[N+](=O)[O-])S/C1=C/c1ccc(OCc2ccccc2)c(Br)c1. The fraction of sp³-hybridized carbons (Fsp3) is 0.0435. The Morgan fingerprint density at radius 1 is 1.15 bits per heavy atom. The van der Waals surface area contributed by atoms with Crippen LogP contribution in [0.5, 0.6) is 5.75 Å². The van der Waals surface area contributed by atoms with Crippen molar-refractivity contribution in [3.05, 3.63) is 102 Å². The summed E-state index contributed by atoms with van der Waals surface area (Å²) >= 11 is 10.4. The van der Waals surface area contributed by atoms with Crippen molar-refractivity contribution in [2.45, 2.75) is 6.61 Å². The molecule has 1 saturated heterocycles. The minimum atomic E-state index is -0.567. The Bertz CT molecular complexity index is 1300. The number of benzene rings is 3. The van der Waals surface area contributed by atoms with Gasteiger partial charge in [0.05, 0.1) is 14.3 Å². The van der Waals surface area contributed by atoms with Crippen LogP contribution in [0.15, 0.2) is 81.1 Å². The second-order valence-corrected chi connectivity index (χ2v) is 9.16. The Balaban J connectivity index is 1.50. The number of nitrogens with one attached hydrogen (secondary N) is 1. The number of amides is 1. The van der Waals surface area contributed by atoms with Gasteiger partial charge in [-0.15, -0.1) is 0 Å². The third kappa shape index (κ3) is 5.81. The van der Waals surface area contributed by atoms with Gasteiger partial charge >= 0.3 is 0 Å². The van der Waals surface area contributed by atoms with E-state index in [1.165, 1.54) is 18.2 Å².